The van der Waals surface area contributed by atoms with Crippen molar-refractivity contribution in [2.24, 2.45) is 4.40 Å². The third-order valence-electron chi connectivity index (χ3n) is 11.8. The van der Waals surface area contributed by atoms with Gasteiger partial charge in [0.15, 0.2) is 15.6 Å². The molecule has 0 heterocycles. The Morgan fingerprint density at radius 3 is 1.57 bits per heavy atom. The zero-order valence-corrected chi connectivity index (χ0v) is 38.1. The topological polar surface area (TPSA) is 177 Å². The number of benzene rings is 9. The number of hydrogen-bond donors (Lipinski definition) is 3. The highest BCUT2D eigenvalue weighted by atomic mass is 32.2. The quantitative estimate of drug-likeness (QED) is 0.126. The number of nitrogens with zero attached hydrogens (tertiary/aromatic N) is 1. The number of rotatable bonds is 9. The van der Waals surface area contributed by atoms with Crippen molar-refractivity contribution in [2.45, 2.75) is 15.5 Å². The number of sulfonamides is 1. The molecule has 0 atom stereocenters. The predicted molar refractivity (Wildman–Crippen MR) is 265 cm³/mol. The van der Waals surface area contributed by atoms with Gasteiger partial charge in [0.1, 0.15) is 28.7 Å². The predicted octanol–water partition coefficient (Wildman–Crippen LogP) is 11.1. The molecule has 9 aromatic carbocycles. The van der Waals surface area contributed by atoms with Crippen LogP contribution >= 0.6 is 0 Å². The Balaban J connectivity index is 0.000000170. The van der Waals surface area contributed by atoms with E-state index in [2.05, 4.69) is 4.40 Å². The normalized spacial score (nSPS) is 13.2. The Bertz CT molecular complexity index is 3750. The lowest BCUT2D eigenvalue weighted by atomic mass is 9.84. The van der Waals surface area contributed by atoms with E-state index in [-0.39, 0.29) is 49.9 Å². The molecule has 0 spiro atoms. The van der Waals surface area contributed by atoms with Gasteiger partial charge in [-0.15, -0.1) is 0 Å². The molecule has 0 aromatic heterocycles. The van der Waals surface area contributed by atoms with E-state index >= 15 is 0 Å². The Hall–Kier alpha value is -8.26. The first kappa shape index (κ1) is 44.9. The lowest BCUT2D eigenvalue weighted by molar-refractivity contribution is 0.105. The number of ether oxygens (including phenoxy) is 2. The molecule has 0 radical (unpaired) electrons. The van der Waals surface area contributed by atoms with Gasteiger partial charge in [-0.2, -0.15) is 12.8 Å². The minimum Gasteiger partial charge on any atom is -0.507 e. The van der Waals surface area contributed by atoms with Crippen molar-refractivity contribution in [1.82, 2.24) is 0 Å². The summed E-state index contributed by atoms with van der Waals surface area (Å²) >= 11 is 0. The maximum Gasteiger partial charge on any atom is 0.282 e. The van der Waals surface area contributed by atoms with Crippen LogP contribution in [0.3, 0.4) is 0 Å². The number of hydrogen-bond acceptors (Lipinski definition) is 10. The molecule has 0 amide bonds. The minimum atomic E-state index is -4.09. The SMILES string of the molecule is COc1ccc(S(=O)(=O)Cc2cc(-c3c(O)ccc4ccccc34)c(O)c3ccccc23)cc1.COc1ccc(S(=O)(=O)N=C2C=C(c3c(O)ccc4ccccc34)C(=O)c3ccccc32)cc1. The van der Waals surface area contributed by atoms with E-state index in [0.29, 0.717) is 61.0 Å². The molecule has 13 heteroatoms. The third-order valence-corrected chi connectivity index (χ3v) is 14.8. The van der Waals surface area contributed by atoms with E-state index in [1.807, 2.05) is 48.5 Å². The molecule has 0 fully saturated rings. The number of carbonyl (C=O) groups is 1. The summed E-state index contributed by atoms with van der Waals surface area (Å²) in [7, 11) is -4.76. The van der Waals surface area contributed by atoms with Gasteiger partial charge in [-0.1, -0.05) is 109 Å². The third kappa shape index (κ3) is 8.52. The first-order chi connectivity index (χ1) is 32.8. The van der Waals surface area contributed by atoms with E-state index in [9.17, 15) is 36.9 Å². The summed E-state index contributed by atoms with van der Waals surface area (Å²) in [6.07, 6.45) is 1.44. The van der Waals surface area contributed by atoms with Gasteiger partial charge in [-0.25, -0.2) is 8.42 Å². The van der Waals surface area contributed by atoms with Crippen LogP contribution in [0.5, 0.6) is 28.7 Å². The molecule has 11 nitrogen and oxygen atoms in total. The maximum absolute atomic E-state index is 13.5. The summed E-state index contributed by atoms with van der Waals surface area (Å²) in [6.45, 7) is 0. The summed E-state index contributed by atoms with van der Waals surface area (Å²) in [4.78, 5) is 13.6. The van der Waals surface area contributed by atoms with Crippen LogP contribution in [0.1, 0.15) is 27.0 Å². The second kappa shape index (κ2) is 18.2. The van der Waals surface area contributed by atoms with Crippen LogP contribution in [0.4, 0.5) is 0 Å². The molecule has 68 heavy (non-hydrogen) atoms. The maximum atomic E-state index is 13.5. The lowest BCUT2D eigenvalue weighted by Gasteiger charge is -2.19. The average Bonchev–Trinajstić information content (AvgIpc) is 3.36. The highest BCUT2D eigenvalue weighted by Crippen LogP contribution is 2.45. The van der Waals surface area contributed by atoms with Crippen LogP contribution in [0, 0.1) is 0 Å². The Morgan fingerprint density at radius 2 is 0.985 bits per heavy atom. The van der Waals surface area contributed by atoms with Gasteiger partial charge in [-0.05, 0) is 105 Å². The van der Waals surface area contributed by atoms with Gasteiger partial charge in [0, 0.05) is 38.8 Å². The zero-order valence-electron chi connectivity index (χ0n) is 36.5. The molecule has 338 valence electrons. The number of allylic oxidation sites excluding steroid dienone is 2. The van der Waals surface area contributed by atoms with Crippen molar-refractivity contribution in [3.8, 4) is 39.9 Å². The van der Waals surface area contributed by atoms with Gasteiger partial charge in [0.25, 0.3) is 10.0 Å². The van der Waals surface area contributed by atoms with Crippen molar-refractivity contribution in [2.75, 3.05) is 14.2 Å². The van der Waals surface area contributed by atoms with Gasteiger partial charge in [0.2, 0.25) is 0 Å². The number of aromatic hydroxyl groups is 3. The molecule has 10 rings (SSSR count). The monoisotopic (exact) mass is 939 g/mol. The first-order valence-electron chi connectivity index (χ1n) is 21.2. The number of carbonyl (C=O) groups excluding carboxylic acids is 1. The van der Waals surface area contributed by atoms with Crippen LogP contribution in [0.25, 0.3) is 49.0 Å². The van der Waals surface area contributed by atoms with Gasteiger partial charge in [-0.3, -0.25) is 4.79 Å². The average molecular weight is 940 g/mol. The number of methoxy groups -OCH3 is 2. The number of fused-ring (bicyclic) bond motifs is 4. The fraction of sp³-hybridized carbons (Fsp3) is 0.0545. The van der Waals surface area contributed by atoms with E-state index in [0.717, 1.165) is 16.2 Å². The Labute approximate surface area is 392 Å². The molecule has 0 saturated heterocycles. The van der Waals surface area contributed by atoms with E-state index in [4.69, 9.17) is 9.47 Å². The highest BCUT2D eigenvalue weighted by Gasteiger charge is 2.29. The molecule has 0 unspecified atom stereocenters. The number of sulfone groups is 1. The first-order valence-corrected chi connectivity index (χ1v) is 24.2. The fourth-order valence-electron chi connectivity index (χ4n) is 8.42. The molecule has 3 N–H and O–H groups in total. The molecule has 9 aromatic rings. The van der Waals surface area contributed by atoms with Crippen LogP contribution in [-0.4, -0.2) is 57.9 Å². The summed E-state index contributed by atoms with van der Waals surface area (Å²) in [6, 6.07) is 49.3. The molecule has 0 bridgehead atoms. The molecule has 1 aliphatic rings. The Morgan fingerprint density at radius 1 is 0.500 bits per heavy atom. The highest BCUT2D eigenvalue weighted by molar-refractivity contribution is 7.90. The largest absolute Gasteiger partial charge is 0.507 e. The van der Waals surface area contributed by atoms with Crippen molar-refractivity contribution >= 4 is 69.2 Å². The van der Waals surface area contributed by atoms with Gasteiger partial charge in [0.05, 0.1) is 35.5 Å². The smallest absolute Gasteiger partial charge is 0.282 e. The number of phenolic OH excluding ortho intramolecular Hbond substituents is 3. The Kier molecular flexibility index (Phi) is 12.0. The van der Waals surface area contributed by atoms with Crippen LogP contribution in [0.15, 0.2) is 196 Å². The molecular formula is C55H41NO10S2. The van der Waals surface area contributed by atoms with E-state index < -0.39 is 19.9 Å². The summed E-state index contributed by atoms with van der Waals surface area (Å²) in [5.74, 6) is 0.439. The van der Waals surface area contributed by atoms with E-state index in [1.165, 1.54) is 50.6 Å². The van der Waals surface area contributed by atoms with Crippen molar-refractivity contribution in [3.05, 3.63) is 204 Å². The fourth-order valence-corrected chi connectivity index (χ4v) is 10.8. The zero-order chi connectivity index (χ0) is 47.7. The molecule has 1 aliphatic carbocycles. The minimum absolute atomic E-state index is 0.00172. The number of Topliss-reactive ketones (excluding diaryl/α,β-unsaturated/α-hetero) is 1. The number of ketones is 1. The van der Waals surface area contributed by atoms with Crippen LogP contribution < -0.4 is 9.47 Å². The van der Waals surface area contributed by atoms with Crippen molar-refractivity contribution in [3.63, 3.8) is 0 Å². The van der Waals surface area contributed by atoms with Gasteiger partial charge < -0.3 is 24.8 Å². The molecule has 0 aliphatic heterocycles. The molecular weight excluding hydrogens is 899 g/mol. The van der Waals surface area contributed by atoms with Crippen LogP contribution in [-0.2, 0) is 25.6 Å². The number of phenols is 3. The van der Waals surface area contributed by atoms with Crippen molar-refractivity contribution < 1.29 is 46.4 Å². The lowest BCUT2D eigenvalue weighted by Crippen LogP contribution is -2.18. The summed E-state index contributed by atoms with van der Waals surface area (Å²) in [5, 5.41) is 37.0. The summed E-state index contributed by atoms with van der Waals surface area (Å²) in [5.41, 5.74) is 2.74. The second-order valence-electron chi connectivity index (χ2n) is 15.8. The van der Waals surface area contributed by atoms with E-state index in [1.54, 1.807) is 97.1 Å². The van der Waals surface area contributed by atoms with Crippen molar-refractivity contribution in [1.29, 1.82) is 0 Å². The summed E-state index contributed by atoms with van der Waals surface area (Å²) < 4.78 is 67.2. The van der Waals surface area contributed by atoms with Gasteiger partial charge >= 0.3 is 0 Å². The van der Waals surface area contributed by atoms with Crippen LogP contribution in [0.2, 0.25) is 0 Å². The second-order valence-corrected chi connectivity index (χ2v) is 19.4. The standard InChI is InChI=1S/C28H22O5S.C27H19NO5S/c1-33-20-11-13-21(14-12-20)34(31,32)17-19-16-25(28(30)24-9-5-4-7-22(19)24)27-23-8-3-2-6-18(23)10-15-26(27)29;1-33-18-11-13-19(14-12-18)34(31,32)28-24-16-23(27(30)22-9-5-4-8-21(22)24)26-20-7-3-2-6-17(20)10-15-25(26)29/h2-16,29-30H,17H2,1H3;2-16,29H,1H3. The molecule has 0 saturated carbocycles.